The van der Waals surface area contributed by atoms with Gasteiger partial charge in [-0.1, -0.05) is 48.0 Å². The Bertz CT molecular complexity index is 537. The number of hydrogen-bond acceptors (Lipinski definition) is 2. The number of hydrogen-bond donors (Lipinski definition) is 1. The first kappa shape index (κ1) is 13.1. The van der Waals surface area contributed by atoms with Gasteiger partial charge in [-0.15, -0.1) is 0 Å². The van der Waals surface area contributed by atoms with Crippen molar-refractivity contribution < 1.29 is 9.53 Å². The molecule has 0 aromatic heterocycles. The van der Waals surface area contributed by atoms with Gasteiger partial charge in [0.2, 0.25) is 0 Å². The van der Waals surface area contributed by atoms with Crippen LogP contribution in [-0.2, 0) is 11.3 Å². The van der Waals surface area contributed by atoms with Crippen LogP contribution in [0.4, 0.5) is 0 Å². The molecule has 2 aromatic carbocycles. The molecule has 0 aliphatic carbocycles. The summed E-state index contributed by atoms with van der Waals surface area (Å²) >= 11 is 0. The average Bonchev–Trinajstić information content (AvgIpc) is 2.44. The summed E-state index contributed by atoms with van der Waals surface area (Å²) in [5.74, 6) is 0.582. The molecule has 3 nitrogen and oxygen atoms in total. The summed E-state index contributed by atoms with van der Waals surface area (Å²) in [4.78, 5) is 11.6. The predicted octanol–water partition coefficient (Wildman–Crippen LogP) is 2.69. The number of carbonyl (C=O) groups is 1. The minimum Gasteiger partial charge on any atom is -0.484 e. The quantitative estimate of drug-likeness (QED) is 0.892. The second-order valence-electron chi connectivity index (χ2n) is 4.37. The third-order valence-electron chi connectivity index (χ3n) is 2.69. The molecule has 1 amide bonds. The van der Waals surface area contributed by atoms with Crippen LogP contribution in [0.1, 0.15) is 11.1 Å². The van der Waals surface area contributed by atoms with Crippen molar-refractivity contribution in [1.29, 1.82) is 0 Å². The Morgan fingerprint density at radius 1 is 1.11 bits per heavy atom. The highest BCUT2D eigenvalue weighted by atomic mass is 16.5. The summed E-state index contributed by atoms with van der Waals surface area (Å²) in [5.41, 5.74) is 2.28. The molecule has 0 aliphatic rings. The van der Waals surface area contributed by atoms with Crippen molar-refractivity contribution in [2.75, 3.05) is 6.61 Å². The topological polar surface area (TPSA) is 38.3 Å². The van der Waals surface area contributed by atoms with Crippen molar-refractivity contribution >= 4 is 5.91 Å². The van der Waals surface area contributed by atoms with E-state index in [1.165, 1.54) is 5.56 Å². The molecule has 0 unspecified atom stereocenters. The van der Waals surface area contributed by atoms with Gasteiger partial charge < -0.3 is 10.1 Å². The van der Waals surface area contributed by atoms with Crippen LogP contribution in [0.2, 0.25) is 0 Å². The van der Waals surface area contributed by atoms with Crippen molar-refractivity contribution in [2.24, 2.45) is 0 Å². The first-order valence-corrected chi connectivity index (χ1v) is 6.24. The maximum absolute atomic E-state index is 11.6. The summed E-state index contributed by atoms with van der Waals surface area (Å²) in [6.07, 6.45) is 0. The van der Waals surface area contributed by atoms with Crippen molar-refractivity contribution in [3.8, 4) is 5.75 Å². The number of amides is 1. The molecule has 0 fully saturated rings. The molecular weight excluding hydrogens is 238 g/mol. The Kier molecular flexibility index (Phi) is 4.56. The SMILES string of the molecule is Cc1cccc(CNC(=O)COc2ccccc2)c1. The van der Waals surface area contributed by atoms with Crippen LogP contribution in [0.5, 0.6) is 5.75 Å². The van der Waals surface area contributed by atoms with Gasteiger partial charge in [0.25, 0.3) is 5.91 Å². The highest BCUT2D eigenvalue weighted by molar-refractivity contribution is 5.77. The summed E-state index contributed by atoms with van der Waals surface area (Å²) in [7, 11) is 0. The largest absolute Gasteiger partial charge is 0.484 e. The van der Waals surface area contributed by atoms with E-state index in [-0.39, 0.29) is 12.5 Å². The van der Waals surface area contributed by atoms with E-state index in [2.05, 4.69) is 11.4 Å². The summed E-state index contributed by atoms with van der Waals surface area (Å²) in [5, 5.41) is 2.83. The van der Waals surface area contributed by atoms with E-state index in [0.29, 0.717) is 12.3 Å². The monoisotopic (exact) mass is 255 g/mol. The molecule has 0 saturated carbocycles. The second-order valence-corrected chi connectivity index (χ2v) is 4.37. The van der Waals surface area contributed by atoms with Gasteiger partial charge in [-0.05, 0) is 24.6 Å². The first-order chi connectivity index (χ1) is 9.24. The lowest BCUT2D eigenvalue weighted by Crippen LogP contribution is -2.28. The molecule has 19 heavy (non-hydrogen) atoms. The van der Waals surface area contributed by atoms with Gasteiger partial charge in [-0.3, -0.25) is 4.79 Å². The molecule has 0 radical (unpaired) electrons. The van der Waals surface area contributed by atoms with Crippen molar-refractivity contribution in [3.63, 3.8) is 0 Å². The predicted molar refractivity (Wildman–Crippen MR) is 75.0 cm³/mol. The molecule has 1 N–H and O–H groups in total. The zero-order valence-electron chi connectivity index (χ0n) is 10.9. The van der Waals surface area contributed by atoms with Gasteiger partial charge in [0.05, 0.1) is 0 Å². The van der Waals surface area contributed by atoms with Crippen LogP contribution in [-0.4, -0.2) is 12.5 Å². The van der Waals surface area contributed by atoms with Crippen LogP contribution in [0.3, 0.4) is 0 Å². The average molecular weight is 255 g/mol. The fourth-order valence-electron chi connectivity index (χ4n) is 1.74. The fourth-order valence-corrected chi connectivity index (χ4v) is 1.74. The first-order valence-electron chi connectivity index (χ1n) is 6.24. The molecule has 2 aromatic rings. The summed E-state index contributed by atoms with van der Waals surface area (Å²) in [6, 6.07) is 17.4. The molecular formula is C16H17NO2. The minimum absolute atomic E-state index is 0.0375. The third kappa shape index (κ3) is 4.47. The second kappa shape index (κ2) is 6.59. The van der Waals surface area contributed by atoms with Gasteiger partial charge in [-0.25, -0.2) is 0 Å². The number of benzene rings is 2. The van der Waals surface area contributed by atoms with Crippen molar-refractivity contribution in [3.05, 3.63) is 65.7 Å². The van der Waals surface area contributed by atoms with Crippen molar-refractivity contribution in [1.82, 2.24) is 5.32 Å². The lowest BCUT2D eigenvalue weighted by atomic mass is 10.1. The maximum atomic E-state index is 11.6. The van der Waals surface area contributed by atoms with Crippen LogP contribution < -0.4 is 10.1 Å². The fraction of sp³-hybridized carbons (Fsp3) is 0.188. The van der Waals surface area contributed by atoms with E-state index < -0.39 is 0 Å². The Hall–Kier alpha value is -2.29. The van der Waals surface area contributed by atoms with Gasteiger partial charge in [-0.2, -0.15) is 0 Å². The molecule has 2 rings (SSSR count). The molecule has 0 spiro atoms. The van der Waals surface area contributed by atoms with Gasteiger partial charge in [0, 0.05) is 6.54 Å². The van der Waals surface area contributed by atoms with Gasteiger partial charge in [0.1, 0.15) is 5.75 Å². The van der Waals surface area contributed by atoms with Gasteiger partial charge >= 0.3 is 0 Å². The molecule has 0 saturated heterocycles. The molecule has 98 valence electrons. The Morgan fingerprint density at radius 3 is 2.63 bits per heavy atom. The molecule has 0 heterocycles. The van der Waals surface area contributed by atoms with E-state index >= 15 is 0 Å². The number of nitrogens with one attached hydrogen (secondary N) is 1. The zero-order chi connectivity index (χ0) is 13.5. The highest BCUT2D eigenvalue weighted by Crippen LogP contribution is 2.07. The van der Waals surface area contributed by atoms with Gasteiger partial charge in [0.15, 0.2) is 6.61 Å². The lowest BCUT2D eigenvalue weighted by molar-refractivity contribution is -0.123. The summed E-state index contributed by atoms with van der Waals surface area (Å²) < 4.78 is 5.37. The normalized spacial score (nSPS) is 9.95. The maximum Gasteiger partial charge on any atom is 0.258 e. The minimum atomic E-state index is -0.120. The smallest absolute Gasteiger partial charge is 0.258 e. The molecule has 0 aliphatic heterocycles. The zero-order valence-corrected chi connectivity index (χ0v) is 10.9. The lowest BCUT2D eigenvalue weighted by Gasteiger charge is -2.07. The Morgan fingerprint density at radius 2 is 1.89 bits per heavy atom. The van der Waals surface area contributed by atoms with E-state index in [1.54, 1.807) is 0 Å². The van der Waals surface area contributed by atoms with Crippen molar-refractivity contribution in [2.45, 2.75) is 13.5 Å². The van der Waals surface area contributed by atoms with E-state index in [0.717, 1.165) is 5.56 Å². The molecule has 0 atom stereocenters. The Labute approximate surface area is 113 Å². The molecule has 3 heteroatoms. The van der Waals surface area contributed by atoms with Crippen LogP contribution in [0, 0.1) is 6.92 Å². The highest BCUT2D eigenvalue weighted by Gasteiger charge is 2.02. The standard InChI is InChI=1S/C16H17NO2/c1-13-6-5-7-14(10-13)11-17-16(18)12-19-15-8-3-2-4-9-15/h2-10H,11-12H2,1H3,(H,17,18). The van der Waals surface area contributed by atoms with E-state index in [1.807, 2.05) is 55.5 Å². The van der Waals surface area contributed by atoms with E-state index in [9.17, 15) is 4.79 Å². The number of para-hydroxylation sites is 1. The summed E-state index contributed by atoms with van der Waals surface area (Å²) in [6.45, 7) is 2.60. The number of aryl methyl sites for hydroxylation is 1. The number of ether oxygens (including phenoxy) is 1. The number of carbonyl (C=O) groups excluding carboxylic acids is 1. The van der Waals surface area contributed by atoms with Crippen LogP contribution >= 0.6 is 0 Å². The van der Waals surface area contributed by atoms with Crippen LogP contribution in [0.15, 0.2) is 54.6 Å². The van der Waals surface area contributed by atoms with Crippen LogP contribution in [0.25, 0.3) is 0 Å². The molecule has 0 bridgehead atoms. The third-order valence-corrected chi connectivity index (χ3v) is 2.69. The number of rotatable bonds is 5. The van der Waals surface area contributed by atoms with E-state index in [4.69, 9.17) is 4.74 Å². The Balaban J connectivity index is 1.76.